The third-order valence-corrected chi connectivity index (χ3v) is 7.28. The summed E-state index contributed by atoms with van der Waals surface area (Å²) in [7, 11) is 1.54. The maximum Gasteiger partial charge on any atom is 0.330 e. The molecule has 2 unspecified atom stereocenters. The fourth-order valence-electron chi connectivity index (χ4n) is 4.84. The van der Waals surface area contributed by atoms with Crippen LogP contribution in [0.1, 0.15) is 35.8 Å². The highest BCUT2D eigenvalue weighted by Crippen LogP contribution is 2.47. The Bertz CT molecular complexity index is 1490. The molecule has 3 atom stereocenters. The summed E-state index contributed by atoms with van der Waals surface area (Å²) >= 11 is 6.18. The molecule has 3 amide bonds. The Morgan fingerprint density at radius 1 is 1.14 bits per heavy atom. The molecule has 1 heterocycles. The van der Waals surface area contributed by atoms with Gasteiger partial charge in [-0.1, -0.05) is 48.0 Å². The number of carbonyl (C=O) groups excluding carboxylic acids is 4. The summed E-state index contributed by atoms with van der Waals surface area (Å²) in [5.74, 6) is -1.78. The molecule has 0 bridgehead atoms. The van der Waals surface area contributed by atoms with Crippen LogP contribution in [0.4, 0.5) is 0 Å². The smallest absolute Gasteiger partial charge is 0.330 e. The van der Waals surface area contributed by atoms with Gasteiger partial charge in [-0.3, -0.25) is 14.4 Å². The van der Waals surface area contributed by atoms with E-state index in [0.29, 0.717) is 28.5 Å². The number of rotatable bonds is 13. The van der Waals surface area contributed by atoms with Crippen molar-refractivity contribution in [2.24, 2.45) is 11.7 Å². The highest BCUT2D eigenvalue weighted by Gasteiger charge is 2.54. The Hall–Kier alpha value is -4.57. The number of aromatic nitrogens is 1. The van der Waals surface area contributed by atoms with Crippen molar-refractivity contribution >= 4 is 35.3 Å². The van der Waals surface area contributed by atoms with Crippen LogP contribution in [-0.4, -0.2) is 54.0 Å². The second kappa shape index (κ2) is 13.4. The van der Waals surface area contributed by atoms with E-state index in [4.69, 9.17) is 26.8 Å². The number of aromatic amines is 1. The van der Waals surface area contributed by atoms with Crippen LogP contribution in [-0.2, 0) is 25.5 Å². The first-order chi connectivity index (χ1) is 20.1. The number of halogens is 1. The Morgan fingerprint density at radius 2 is 1.90 bits per heavy atom. The molecule has 5 N–H and O–H groups in total. The first-order valence-corrected chi connectivity index (χ1v) is 13.9. The zero-order chi connectivity index (χ0) is 30.3. The van der Waals surface area contributed by atoms with Crippen molar-refractivity contribution in [1.82, 2.24) is 15.6 Å². The highest BCUT2D eigenvalue weighted by atomic mass is 35.5. The van der Waals surface area contributed by atoms with Gasteiger partial charge in [0.25, 0.3) is 5.91 Å². The van der Waals surface area contributed by atoms with Crippen LogP contribution in [0.15, 0.2) is 72.8 Å². The summed E-state index contributed by atoms with van der Waals surface area (Å²) in [5.41, 5.74) is 6.78. The lowest BCUT2D eigenvalue weighted by atomic mass is 10.0. The Morgan fingerprint density at radius 3 is 2.60 bits per heavy atom. The van der Waals surface area contributed by atoms with Gasteiger partial charge >= 0.3 is 5.97 Å². The average Bonchev–Trinajstić information content (AvgIpc) is 3.37. The van der Waals surface area contributed by atoms with Crippen LogP contribution in [0.2, 0.25) is 5.02 Å². The number of amides is 3. The number of carbonyl (C=O) groups is 4. The summed E-state index contributed by atoms with van der Waals surface area (Å²) in [5, 5.41) is 6.29. The normalized spacial score (nSPS) is 18.2. The molecule has 220 valence electrons. The van der Waals surface area contributed by atoms with Gasteiger partial charge in [-0.15, -0.1) is 0 Å². The molecule has 10 nitrogen and oxygen atoms in total. The quantitative estimate of drug-likeness (QED) is 0.176. The minimum absolute atomic E-state index is 0.0291. The lowest BCUT2D eigenvalue weighted by molar-refractivity contribution is -0.137. The number of methoxy groups -OCH3 is 1. The number of hydrogen-bond acceptors (Lipinski definition) is 6. The van der Waals surface area contributed by atoms with Gasteiger partial charge in [0, 0.05) is 35.2 Å². The zero-order valence-corrected chi connectivity index (χ0v) is 24.1. The molecule has 0 saturated heterocycles. The van der Waals surface area contributed by atoms with Gasteiger partial charge < -0.3 is 30.8 Å². The van der Waals surface area contributed by atoms with Crippen molar-refractivity contribution < 1.29 is 28.7 Å². The first-order valence-electron chi connectivity index (χ1n) is 13.5. The Labute approximate surface area is 248 Å². The van der Waals surface area contributed by atoms with Crippen molar-refractivity contribution in [2.75, 3.05) is 13.7 Å². The van der Waals surface area contributed by atoms with E-state index in [1.54, 1.807) is 44.4 Å². The van der Waals surface area contributed by atoms with E-state index in [1.807, 2.05) is 30.3 Å². The lowest BCUT2D eigenvalue weighted by Crippen LogP contribution is -2.52. The molecule has 42 heavy (non-hydrogen) atoms. The molecule has 1 aliphatic carbocycles. The molecule has 0 radical (unpaired) electrons. The molecule has 3 aromatic rings. The number of esters is 1. The highest BCUT2D eigenvalue weighted by molar-refractivity contribution is 6.31. The molecule has 0 aliphatic heterocycles. The van der Waals surface area contributed by atoms with Crippen LogP contribution in [0.5, 0.6) is 5.75 Å². The number of nitrogens with two attached hydrogens (primary N) is 1. The van der Waals surface area contributed by atoms with E-state index in [9.17, 15) is 19.2 Å². The van der Waals surface area contributed by atoms with Crippen LogP contribution in [0.25, 0.3) is 11.3 Å². The number of primary amides is 1. The Balaban J connectivity index is 1.56. The fraction of sp³-hybridized carbons (Fsp3) is 0.290. The van der Waals surface area contributed by atoms with Gasteiger partial charge in [-0.05, 0) is 55.2 Å². The van der Waals surface area contributed by atoms with Crippen molar-refractivity contribution in [3.8, 4) is 17.0 Å². The molecule has 1 saturated carbocycles. The molecule has 2 aromatic carbocycles. The van der Waals surface area contributed by atoms with Gasteiger partial charge in [-0.2, -0.15) is 0 Å². The maximum absolute atomic E-state index is 13.7. The number of hydrogen-bond donors (Lipinski definition) is 4. The maximum atomic E-state index is 13.7. The number of benzene rings is 2. The van der Waals surface area contributed by atoms with E-state index < -0.39 is 35.3 Å². The largest absolute Gasteiger partial charge is 0.496 e. The number of ether oxygens (including phenoxy) is 2. The van der Waals surface area contributed by atoms with Gasteiger partial charge in [0.1, 0.15) is 17.5 Å². The topological polar surface area (TPSA) is 153 Å². The first kappa shape index (κ1) is 30.4. The van der Waals surface area contributed by atoms with Crippen LogP contribution in [0, 0.1) is 5.92 Å². The summed E-state index contributed by atoms with van der Waals surface area (Å²) in [6.07, 6.45) is 3.41. The molecule has 1 aromatic heterocycles. The van der Waals surface area contributed by atoms with Gasteiger partial charge in [0.05, 0.1) is 19.3 Å². The second-order valence-electron chi connectivity index (χ2n) is 10.0. The van der Waals surface area contributed by atoms with Crippen LogP contribution >= 0.6 is 11.6 Å². The van der Waals surface area contributed by atoms with E-state index in [0.717, 1.165) is 5.56 Å². The van der Waals surface area contributed by atoms with Crippen molar-refractivity contribution in [1.29, 1.82) is 0 Å². The molecule has 0 spiro atoms. The van der Waals surface area contributed by atoms with E-state index in [2.05, 4.69) is 15.6 Å². The molecule has 1 fully saturated rings. The number of nitrogens with one attached hydrogen (secondary N) is 3. The number of H-pyrrole nitrogens is 1. The second-order valence-corrected chi connectivity index (χ2v) is 10.5. The summed E-state index contributed by atoms with van der Waals surface area (Å²) in [6, 6.07) is 16.8. The standard InChI is InChI=1S/C31H33ClN4O6/c1-3-42-28(38)13-14-31(18-20(31)16-27(33)37)36-30(40)25(15-19-7-5-4-6-8-19)35-29(39)24-11-10-23(34-24)22-17-21(32)9-12-26(22)41-2/h4-14,17,20,25,34H,3,15-16,18H2,1-2H3,(H2,33,37)(H,35,39)(H,36,40)/b14-13+/t20?,25-,31?/m0/s1. The SMILES string of the molecule is CCOC(=O)/C=C/C1(NC(=O)[C@H](Cc2ccccc2)NC(=O)c2ccc(-c3cc(Cl)ccc3OC)[nH]2)CC1CC(N)=O. The third kappa shape index (κ3) is 7.58. The van der Waals surface area contributed by atoms with Crippen molar-refractivity contribution in [3.63, 3.8) is 0 Å². The lowest BCUT2D eigenvalue weighted by Gasteiger charge is -2.22. The fourth-order valence-corrected chi connectivity index (χ4v) is 5.01. The monoisotopic (exact) mass is 592 g/mol. The van der Waals surface area contributed by atoms with E-state index >= 15 is 0 Å². The van der Waals surface area contributed by atoms with Gasteiger partial charge in [0.2, 0.25) is 11.8 Å². The summed E-state index contributed by atoms with van der Waals surface area (Å²) < 4.78 is 10.4. The van der Waals surface area contributed by atoms with Crippen LogP contribution in [0.3, 0.4) is 0 Å². The minimum atomic E-state index is -0.977. The van der Waals surface area contributed by atoms with Crippen LogP contribution < -0.4 is 21.1 Å². The summed E-state index contributed by atoms with van der Waals surface area (Å²) in [6.45, 7) is 1.88. The molecular weight excluding hydrogens is 560 g/mol. The molecule has 1 aliphatic rings. The van der Waals surface area contributed by atoms with Gasteiger partial charge in [-0.25, -0.2) is 4.79 Å². The van der Waals surface area contributed by atoms with Crippen molar-refractivity contribution in [3.05, 3.63) is 89.1 Å². The zero-order valence-electron chi connectivity index (χ0n) is 23.3. The third-order valence-electron chi connectivity index (χ3n) is 7.05. The summed E-state index contributed by atoms with van der Waals surface area (Å²) in [4.78, 5) is 53.7. The van der Waals surface area contributed by atoms with E-state index in [-0.39, 0.29) is 31.1 Å². The molecular formula is C31H33ClN4O6. The van der Waals surface area contributed by atoms with Gasteiger partial charge in [0.15, 0.2) is 0 Å². The predicted octanol–water partition coefficient (Wildman–Crippen LogP) is 3.55. The average molecular weight is 593 g/mol. The van der Waals surface area contributed by atoms with Crippen molar-refractivity contribution in [2.45, 2.75) is 37.8 Å². The Kier molecular flexibility index (Phi) is 9.69. The van der Waals surface area contributed by atoms with E-state index in [1.165, 1.54) is 12.2 Å². The minimum Gasteiger partial charge on any atom is -0.496 e. The molecule has 11 heteroatoms. The molecule has 4 rings (SSSR count). The predicted molar refractivity (Wildman–Crippen MR) is 158 cm³/mol.